The Hall–Kier alpha value is -1.95. The minimum absolute atomic E-state index is 0.101. The molecule has 0 spiro atoms. The first-order chi connectivity index (χ1) is 9.08. The maximum atomic E-state index is 5.53. The SMILES string of the molecule is COc1ccc(C(=NC(C)C)NN)c(OC)c1OC. The van der Waals surface area contributed by atoms with Gasteiger partial charge in [-0.1, -0.05) is 0 Å². The van der Waals surface area contributed by atoms with Crippen molar-refractivity contribution in [3.05, 3.63) is 17.7 Å². The second-order valence-corrected chi connectivity index (χ2v) is 4.10. The summed E-state index contributed by atoms with van der Waals surface area (Å²) >= 11 is 0. The summed E-state index contributed by atoms with van der Waals surface area (Å²) in [6.07, 6.45) is 0. The average Bonchev–Trinajstić information content (AvgIpc) is 2.42. The molecule has 0 fully saturated rings. The van der Waals surface area contributed by atoms with E-state index in [0.29, 0.717) is 23.1 Å². The van der Waals surface area contributed by atoms with E-state index < -0.39 is 0 Å². The molecule has 0 amide bonds. The number of hydrogen-bond donors (Lipinski definition) is 2. The number of ether oxygens (including phenoxy) is 3. The summed E-state index contributed by atoms with van der Waals surface area (Å²) in [4.78, 5) is 4.41. The normalized spacial score (nSPS) is 11.4. The maximum Gasteiger partial charge on any atom is 0.204 e. The van der Waals surface area contributed by atoms with Gasteiger partial charge in [0.15, 0.2) is 11.5 Å². The third kappa shape index (κ3) is 3.29. The van der Waals surface area contributed by atoms with Gasteiger partial charge >= 0.3 is 0 Å². The zero-order chi connectivity index (χ0) is 14.4. The second kappa shape index (κ2) is 6.84. The zero-order valence-electron chi connectivity index (χ0n) is 12.0. The number of amidine groups is 1. The van der Waals surface area contributed by atoms with Gasteiger partial charge in [0.05, 0.1) is 26.9 Å². The molecule has 0 aliphatic rings. The number of nitrogens with two attached hydrogens (primary N) is 1. The van der Waals surface area contributed by atoms with E-state index in [9.17, 15) is 0 Å². The molecule has 6 heteroatoms. The molecule has 0 radical (unpaired) electrons. The second-order valence-electron chi connectivity index (χ2n) is 4.10. The molecule has 1 rings (SSSR count). The Morgan fingerprint density at radius 1 is 1.11 bits per heavy atom. The molecule has 19 heavy (non-hydrogen) atoms. The van der Waals surface area contributed by atoms with E-state index in [1.54, 1.807) is 27.4 Å². The van der Waals surface area contributed by atoms with Crippen LogP contribution in [-0.2, 0) is 0 Å². The predicted molar refractivity (Wildman–Crippen MR) is 75.1 cm³/mol. The van der Waals surface area contributed by atoms with Crippen LogP contribution in [-0.4, -0.2) is 33.2 Å². The van der Waals surface area contributed by atoms with Gasteiger partial charge < -0.3 is 19.6 Å². The van der Waals surface area contributed by atoms with Crippen molar-refractivity contribution in [2.45, 2.75) is 19.9 Å². The highest BCUT2D eigenvalue weighted by atomic mass is 16.5. The number of rotatable bonds is 5. The zero-order valence-corrected chi connectivity index (χ0v) is 12.0. The number of nitrogens with one attached hydrogen (secondary N) is 1. The molecule has 3 N–H and O–H groups in total. The van der Waals surface area contributed by atoms with Gasteiger partial charge in [0.25, 0.3) is 0 Å². The number of benzene rings is 1. The van der Waals surface area contributed by atoms with Crippen LogP contribution < -0.4 is 25.5 Å². The van der Waals surface area contributed by atoms with Gasteiger partial charge in [-0.25, -0.2) is 5.84 Å². The van der Waals surface area contributed by atoms with Crippen LogP contribution in [0.3, 0.4) is 0 Å². The Morgan fingerprint density at radius 2 is 1.74 bits per heavy atom. The molecule has 0 saturated carbocycles. The van der Waals surface area contributed by atoms with Crippen molar-refractivity contribution >= 4 is 5.84 Å². The van der Waals surface area contributed by atoms with Crippen molar-refractivity contribution in [2.75, 3.05) is 21.3 Å². The Balaban J connectivity index is 3.43. The van der Waals surface area contributed by atoms with Crippen molar-refractivity contribution in [1.29, 1.82) is 0 Å². The summed E-state index contributed by atoms with van der Waals surface area (Å²) in [5, 5.41) is 0. The smallest absolute Gasteiger partial charge is 0.204 e. The standard InChI is InChI=1S/C13H21N3O3/c1-8(2)15-13(16-14)9-6-7-10(17-3)12(19-5)11(9)18-4/h6-8H,14H2,1-5H3,(H,15,16). The molecule has 0 atom stereocenters. The van der Waals surface area contributed by atoms with Crippen LogP contribution >= 0.6 is 0 Å². The topological polar surface area (TPSA) is 78.1 Å². The largest absolute Gasteiger partial charge is 0.493 e. The van der Waals surface area contributed by atoms with E-state index in [1.165, 1.54) is 0 Å². The summed E-state index contributed by atoms with van der Waals surface area (Å²) in [5.41, 5.74) is 3.31. The molecule has 0 saturated heterocycles. The first kappa shape index (κ1) is 15.1. The Bertz CT molecular complexity index is 459. The summed E-state index contributed by atoms with van der Waals surface area (Å²) in [5.74, 6) is 7.69. The maximum absolute atomic E-state index is 5.53. The van der Waals surface area contributed by atoms with E-state index >= 15 is 0 Å². The van der Waals surface area contributed by atoms with E-state index in [0.717, 1.165) is 5.56 Å². The number of nitrogens with zero attached hydrogens (tertiary/aromatic N) is 1. The van der Waals surface area contributed by atoms with Gasteiger partial charge in [-0.3, -0.25) is 4.99 Å². The molecule has 0 unspecified atom stereocenters. The lowest BCUT2D eigenvalue weighted by Crippen LogP contribution is -2.32. The first-order valence-corrected chi connectivity index (χ1v) is 5.92. The lowest BCUT2D eigenvalue weighted by atomic mass is 10.1. The fourth-order valence-electron chi connectivity index (χ4n) is 1.73. The van der Waals surface area contributed by atoms with Crippen LogP contribution in [0.5, 0.6) is 17.2 Å². The molecular weight excluding hydrogens is 246 g/mol. The summed E-state index contributed by atoms with van der Waals surface area (Å²) in [7, 11) is 4.69. The van der Waals surface area contributed by atoms with Gasteiger partial charge in [0, 0.05) is 6.04 Å². The molecule has 1 aromatic carbocycles. The molecule has 0 heterocycles. The van der Waals surface area contributed by atoms with Crippen molar-refractivity contribution in [1.82, 2.24) is 5.43 Å². The molecule has 0 bridgehead atoms. The van der Waals surface area contributed by atoms with Gasteiger partial charge in [0.1, 0.15) is 5.84 Å². The predicted octanol–water partition coefficient (Wildman–Crippen LogP) is 1.33. The number of hydrazine groups is 1. The van der Waals surface area contributed by atoms with E-state index in [1.807, 2.05) is 19.9 Å². The number of hydrogen-bond acceptors (Lipinski definition) is 5. The van der Waals surface area contributed by atoms with E-state index in [2.05, 4.69) is 10.4 Å². The highest BCUT2D eigenvalue weighted by Crippen LogP contribution is 2.39. The third-order valence-corrected chi connectivity index (χ3v) is 2.48. The fraction of sp³-hybridized carbons (Fsp3) is 0.462. The minimum atomic E-state index is 0.101. The van der Waals surface area contributed by atoms with Crippen LogP contribution in [0.15, 0.2) is 17.1 Å². The van der Waals surface area contributed by atoms with Crippen molar-refractivity contribution in [3.63, 3.8) is 0 Å². The highest BCUT2D eigenvalue weighted by Gasteiger charge is 2.19. The molecule has 0 aliphatic heterocycles. The van der Waals surface area contributed by atoms with Crippen LogP contribution in [0.4, 0.5) is 0 Å². The monoisotopic (exact) mass is 267 g/mol. The highest BCUT2D eigenvalue weighted by molar-refractivity contribution is 6.02. The van der Waals surface area contributed by atoms with Crippen LogP contribution in [0.25, 0.3) is 0 Å². The van der Waals surface area contributed by atoms with Crippen molar-refractivity contribution in [2.24, 2.45) is 10.8 Å². The minimum Gasteiger partial charge on any atom is -0.493 e. The first-order valence-electron chi connectivity index (χ1n) is 5.92. The lowest BCUT2D eigenvalue weighted by molar-refractivity contribution is 0.324. The quantitative estimate of drug-likeness (QED) is 0.364. The molecule has 1 aromatic rings. The Kier molecular flexibility index (Phi) is 5.44. The van der Waals surface area contributed by atoms with Crippen LogP contribution in [0, 0.1) is 0 Å². The van der Waals surface area contributed by atoms with Gasteiger partial charge in [-0.15, -0.1) is 0 Å². The number of methoxy groups -OCH3 is 3. The summed E-state index contributed by atoms with van der Waals surface area (Å²) < 4.78 is 15.9. The van der Waals surface area contributed by atoms with E-state index in [4.69, 9.17) is 20.1 Å². The van der Waals surface area contributed by atoms with Crippen molar-refractivity contribution < 1.29 is 14.2 Å². The summed E-state index contributed by atoms with van der Waals surface area (Å²) in [6.45, 7) is 3.93. The molecule has 106 valence electrons. The van der Waals surface area contributed by atoms with Crippen molar-refractivity contribution in [3.8, 4) is 17.2 Å². The van der Waals surface area contributed by atoms with Gasteiger partial charge in [0.2, 0.25) is 5.75 Å². The average molecular weight is 267 g/mol. The number of aliphatic imine (C=N–C) groups is 1. The molecule has 0 aliphatic carbocycles. The third-order valence-electron chi connectivity index (χ3n) is 2.48. The molecular formula is C13H21N3O3. The Labute approximate surface area is 113 Å². The lowest BCUT2D eigenvalue weighted by Gasteiger charge is -2.17. The van der Waals surface area contributed by atoms with Gasteiger partial charge in [-0.2, -0.15) is 0 Å². The van der Waals surface area contributed by atoms with Crippen LogP contribution in [0.2, 0.25) is 0 Å². The van der Waals surface area contributed by atoms with E-state index in [-0.39, 0.29) is 6.04 Å². The Morgan fingerprint density at radius 3 is 2.16 bits per heavy atom. The van der Waals surface area contributed by atoms with Gasteiger partial charge in [-0.05, 0) is 26.0 Å². The van der Waals surface area contributed by atoms with Crippen LogP contribution in [0.1, 0.15) is 19.4 Å². The molecule has 6 nitrogen and oxygen atoms in total. The summed E-state index contributed by atoms with van der Waals surface area (Å²) in [6, 6.07) is 3.70. The fourth-order valence-corrected chi connectivity index (χ4v) is 1.73. The molecule has 0 aromatic heterocycles.